The van der Waals surface area contributed by atoms with E-state index in [0.29, 0.717) is 25.9 Å². The molecule has 0 spiro atoms. The van der Waals surface area contributed by atoms with Crippen LogP contribution in [-0.4, -0.2) is 41.0 Å². The number of carboxylic acids is 1. The molecule has 2 aliphatic rings. The molecule has 0 unspecified atom stereocenters. The van der Waals surface area contributed by atoms with Gasteiger partial charge in [-0.2, -0.15) is 5.26 Å². The molecule has 1 saturated carbocycles. The molecule has 1 aliphatic carbocycles. The predicted molar refractivity (Wildman–Crippen MR) is 80.6 cm³/mol. The minimum atomic E-state index is -0.765. The number of amides is 1. The molecule has 0 aromatic rings. The average Bonchev–Trinajstić information content (AvgIpc) is 2.53. The molecular formula is C16H23N3O3. The second-order valence-corrected chi connectivity index (χ2v) is 6.11. The first-order valence-electron chi connectivity index (χ1n) is 8.00. The van der Waals surface area contributed by atoms with Crippen LogP contribution in [0.15, 0.2) is 11.8 Å². The number of rotatable bonds is 4. The summed E-state index contributed by atoms with van der Waals surface area (Å²) in [6.45, 7) is 1.14. The van der Waals surface area contributed by atoms with Crippen LogP contribution in [0.2, 0.25) is 0 Å². The third-order valence-corrected chi connectivity index (χ3v) is 4.50. The first-order chi connectivity index (χ1) is 10.6. The van der Waals surface area contributed by atoms with E-state index in [2.05, 4.69) is 5.32 Å². The van der Waals surface area contributed by atoms with Crippen LogP contribution in [0.1, 0.15) is 44.9 Å². The van der Waals surface area contributed by atoms with E-state index >= 15 is 0 Å². The van der Waals surface area contributed by atoms with Crippen molar-refractivity contribution in [1.29, 1.82) is 5.26 Å². The SMILES string of the molecule is N#C/C(=C/N1CCC(C(=O)O)CC1)C(=O)NC1CCCCC1. The topological polar surface area (TPSA) is 93.4 Å². The van der Waals surface area contributed by atoms with Crippen molar-refractivity contribution in [3.8, 4) is 6.07 Å². The van der Waals surface area contributed by atoms with Crippen molar-refractivity contribution in [2.24, 2.45) is 5.92 Å². The van der Waals surface area contributed by atoms with Crippen LogP contribution in [-0.2, 0) is 9.59 Å². The van der Waals surface area contributed by atoms with Crippen LogP contribution in [0.3, 0.4) is 0 Å². The number of carbonyl (C=O) groups excluding carboxylic acids is 1. The fourth-order valence-corrected chi connectivity index (χ4v) is 3.11. The lowest BCUT2D eigenvalue weighted by molar-refractivity contribution is -0.143. The molecule has 2 fully saturated rings. The van der Waals surface area contributed by atoms with Crippen molar-refractivity contribution in [2.45, 2.75) is 51.0 Å². The van der Waals surface area contributed by atoms with Gasteiger partial charge in [-0.3, -0.25) is 9.59 Å². The Morgan fingerprint density at radius 3 is 2.32 bits per heavy atom. The molecule has 1 heterocycles. The second-order valence-electron chi connectivity index (χ2n) is 6.11. The molecule has 2 rings (SSSR count). The van der Waals surface area contributed by atoms with E-state index in [1.54, 1.807) is 6.20 Å². The van der Waals surface area contributed by atoms with E-state index in [4.69, 9.17) is 5.11 Å². The van der Waals surface area contributed by atoms with E-state index in [0.717, 1.165) is 25.7 Å². The second kappa shape index (κ2) is 7.83. The molecule has 6 heteroatoms. The summed E-state index contributed by atoms with van der Waals surface area (Å²) in [6.07, 6.45) is 8.10. The Hall–Kier alpha value is -2.03. The number of aliphatic carboxylic acids is 1. The van der Waals surface area contributed by atoms with Crippen LogP contribution < -0.4 is 5.32 Å². The van der Waals surface area contributed by atoms with Crippen LogP contribution >= 0.6 is 0 Å². The number of piperidine rings is 1. The van der Waals surface area contributed by atoms with Gasteiger partial charge in [0, 0.05) is 25.3 Å². The Bertz CT molecular complexity index is 481. The number of carboxylic acid groups (broad SMARTS) is 1. The minimum Gasteiger partial charge on any atom is -0.481 e. The summed E-state index contributed by atoms with van der Waals surface area (Å²) in [7, 11) is 0. The van der Waals surface area contributed by atoms with Gasteiger partial charge in [-0.15, -0.1) is 0 Å². The maximum atomic E-state index is 12.2. The quantitative estimate of drug-likeness (QED) is 0.608. The van der Waals surface area contributed by atoms with E-state index in [1.165, 1.54) is 6.42 Å². The number of nitrogens with one attached hydrogen (secondary N) is 1. The Morgan fingerprint density at radius 2 is 1.77 bits per heavy atom. The molecule has 0 bridgehead atoms. The fraction of sp³-hybridized carbons (Fsp3) is 0.688. The predicted octanol–water partition coefficient (Wildman–Crippen LogP) is 1.64. The number of hydrogen-bond acceptors (Lipinski definition) is 4. The van der Waals surface area contributed by atoms with Crippen molar-refractivity contribution in [1.82, 2.24) is 10.2 Å². The van der Waals surface area contributed by atoms with Crippen LogP contribution in [0.4, 0.5) is 0 Å². The van der Waals surface area contributed by atoms with Gasteiger partial charge in [-0.1, -0.05) is 19.3 Å². The van der Waals surface area contributed by atoms with E-state index in [1.807, 2.05) is 11.0 Å². The van der Waals surface area contributed by atoms with Crippen LogP contribution in [0, 0.1) is 17.2 Å². The smallest absolute Gasteiger partial charge is 0.306 e. The van der Waals surface area contributed by atoms with Gasteiger partial charge < -0.3 is 15.3 Å². The molecular weight excluding hydrogens is 282 g/mol. The van der Waals surface area contributed by atoms with Gasteiger partial charge in [-0.05, 0) is 25.7 Å². The zero-order chi connectivity index (χ0) is 15.9. The van der Waals surface area contributed by atoms with Gasteiger partial charge in [0.15, 0.2) is 0 Å². The van der Waals surface area contributed by atoms with Gasteiger partial charge in [0.25, 0.3) is 5.91 Å². The maximum Gasteiger partial charge on any atom is 0.306 e. The monoisotopic (exact) mass is 305 g/mol. The lowest BCUT2D eigenvalue weighted by Crippen LogP contribution is -2.38. The third kappa shape index (κ3) is 4.48. The molecule has 0 radical (unpaired) electrons. The molecule has 0 aromatic carbocycles. The summed E-state index contributed by atoms with van der Waals surface area (Å²) in [5.74, 6) is -1.39. The minimum absolute atomic E-state index is 0.111. The normalized spacial score (nSPS) is 21.2. The van der Waals surface area contributed by atoms with Gasteiger partial charge in [0.2, 0.25) is 0 Å². The first kappa shape index (κ1) is 16.3. The van der Waals surface area contributed by atoms with Gasteiger partial charge in [0.1, 0.15) is 11.6 Å². The summed E-state index contributed by atoms with van der Waals surface area (Å²) in [6, 6.07) is 2.14. The molecule has 1 amide bonds. The van der Waals surface area contributed by atoms with E-state index in [-0.39, 0.29) is 23.4 Å². The zero-order valence-corrected chi connectivity index (χ0v) is 12.8. The Balaban J connectivity index is 1.89. The molecule has 1 saturated heterocycles. The van der Waals surface area contributed by atoms with Gasteiger partial charge in [0.05, 0.1) is 5.92 Å². The number of likely N-dealkylation sites (tertiary alicyclic amines) is 1. The standard InChI is InChI=1S/C16H23N3O3/c17-10-13(15(20)18-14-4-2-1-3-5-14)11-19-8-6-12(7-9-19)16(21)22/h11-12,14H,1-9H2,(H,18,20)(H,21,22)/b13-11-. The van der Waals surface area contributed by atoms with Crippen LogP contribution in [0.25, 0.3) is 0 Å². The van der Waals surface area contributed by atoms with Crippen molar-refractivity contribution in [2.75, 3.05) is 13.1 Å². The fourth-order valence-electron chi connectivity index (χ4n) is 3.11. The summed E-state index contributed by atoms with van der Waals surface area (Å²) in [5.41, 5.74) is 0.111. The number of hydrogen-bond donors (Lipinski definition) is 2. The highest BCUT2D eigenvalue weighted by molar-refractivity contribution is 5.97. The maximum absolute atomic E-state index is 12.2. The molecule has 22 heavy (non-hydrogen) atoms. The van der Waals surface area contributed by atoms with Crippen molar-refractivity contribution in [3.05, 3.63) is 11.8 Å². The highest BCUT2D eigenvalue weighted by Gasteiger charge is 2.24. The summed E-state index contributed by atoms with van der Waals surface area (Å²) < 4.78 is 0. The third-order valence-electron chi connectivity index (χ3n) is 4.50. The van der Waals surface area contributed by atoms with E-state index in [9.17, 15) is 14.9 Å². The van der Waals surface area contributed by atoms with Crippen molar-refractivity contribution in [3.63, 3.8) is 0 Å². The molecule has 6 nitrogen and oxygen atoms in total. The lowest BCUT2D eigenvalue weighted by atomic mass is 9.95. The van der Waals surface area contributed by atoms with E-state index < -0.39 is 5.97 Å². The van der Waals surface area contributed by atoms with Crippen molar-refractivity contribution >= 4 is 11.9 Å². The van der Waals surface area contributed by atoms with Crippen LogP contribution in [0.5, 0.6) is 0 Å². The molecule has 120 valence electrons. The largest absolute Gasteiger partial charge is 0.481 e. The molecule has 0 aromatic heterocycles. The lowest BCUT2D eigenvalue weighted by Gasteiger charge is -2.29. The molecule has 1 aliphatic heterocycles. The summed E-state index contributed by atoms with van der Waals surface area (Å²) in [4.78, 5) is 25.0. The average molecular weight is 305 g/mol. The van der Waals surface area contributed by atoms with Gasteiger partial charge in [-0.25, -0.2) is 0 Å². The Kier molecular flexibility index (Phi) is 5.82. The van der Waals surface area contributed by atoms with Gasteiger partial charge >= 0.3 is 5.97 Å². The summed E-state index contributed by atoms with van der Waals surface area (Å²) >= 11 is 0. The number of nitriles is 1. The molecule has 2 N–H and O–H groups in total. The number of nitrogens with zero attached hydrogens (tertiary/aromatic N) is 2. The Morgan fingerprint density at radius 1 is 1.14 bits per heavy atom. The Labute approximate surface area is 130 Å². The van der Waals surface area contributed by atoms with Crippen molar-refractivity contribution < 1.29 is 14.7 Å². The number of carbonyl (C=O) groups is 2. The molecule has 0 atom stereocenters. The summed E-state index contributed by atoms with van der Waals surface area (Å²) in [5, 5.41) is 21.1. The highest BCUT2D eigenvalue weighted by atomic mass is 16.4. The highest BCUT2D eigenvalue weighted by Crippen LogP contribution is 2.19. The zero-order valence-electron chi connectivity index (χ0n) is 12.8. The first-order valence-corrected chi connectivity index (χ1v) is 8.00.